The van der Waals surface area contributed by atoms with Crippen molar-refractivity contribution in [2.45, 2.75) is 32.1 Å². The van der Waals surface area contributed by atoms with Crippen LogP contribution in [-0.4, -0.2) is 54.3 Å². The quantitative estimate of drug-likeness (QED) is 0.888. The number of nitrogens with zero attached hydrogens (tertiary/aromatic N) is 3. The van der Waals surface area contributed by atoms with E-state index >= 15 is 0 Å². The number of hydrogen-bond acceptors (Lipinski definition) is 5. The molecule has 5 heteroatoms. The lowest BCUT2D eigenvalue weighted by Gasteiger charge is -2.16. The van der Waals surface area contributed by atoms with Gasteiger partial charge in [-0.1, -0.05) is 0 Å². The van der Waals surface area contributed by atoms with Gasteiger partial charge < -0.3 is 15.0 Å². The molecule has 2 fully saturated rings. The minimum absolute atomic E-state index is 0.441. The predicted molar refractivity (Wildman–Crippen MR) is 79.1 cm³/mol. The smallest absolute Gasteiger partial charge is 0.129 e. The summed E-state index contributed by atoms with van der Waals surface area (Å²) in [6, 6.07) is 2.09. The van der Waals surface area contributed by atoms with Crippen LogP contribution < -0.4 is 5.32 Å². The van der Waals surface area contributed by atoms with Crippen molar-refractivity contribution in [3.63, 3.8) is 0 Å². The van der Waals surface area contributed by atoms with Crippen LogP contribution in [0.25, 0.3) is 0 Å². The standard InChI is InChI=1S/C15H24N4O/c1-12-17-14(13-4-9-20-11-13)10-15(18-12)16-5-8-19-6-2-3-7-19/h10,13H,2-9,11H2,1H3,(H,16,17,18)/t13-/m1/s1. The van der Waals surface area contributed by atoms with E-state index in [2.05, 4.69) is 26.3 Å². The Morgan fingerprint density at radius 2 is 2.20 bits per heavy atom. The zero-order valence-corrected chi connectivity index (χ0v) is 12.3. The second-order valence-electron chi connectivity index (χ2n) is 5.76. The van der Waals surface area contributed by atoms with Crippen LogP contribution in [0.3, 0.4) is 0 Å². The molecule has 3 rings (SSSR count). The molecule has 2 aliphatic heterocycles. The fourth-order valence-electron chi connectivity index (χ4n) is 3.01. The van der Waals surface area contributed by atoms with Crippen LogP contribution in [0.5, 0.6) is 0 Å². The number of rotatable bonds is 5. The highest BCUT2D eigenvalue weighted by atomic mass is 16.5. The Morgan fingerprint density at radius 1 is 1.35 bits per heavy atom. The first-order valence-corrected chi connectivity index (χ1v) is 7.71. The summed E-state index contributed by atoms with van der Waals surface area (Å²) >= 11 is 0. The van der Waals surface area contributed by atoms with Crippen LogP contribution in [0.2, 0.25) is 0 Å². The normalized spacial score (nSPS) is 23.4. The zero-order valence-electron chi connectivity index (χ0n) is 12.3. The van der Waals surface area contributed by atoms with E-state index in [1.807, 2.05) is 6.92 Å². The maximum absolute atomic E-state index is 5.45. The fourth-order valence-corrected chi connectivity index (χ4v) is 3.01. The molecule has 110 valence electrons. The summed E-state index contributed by atoms with van der Waals surface area (Å²) in [5.41, 5.74) is 1.12. The van der Waals surface area contributed by atoms with Crippen molar-refractivity contribution in [1.82, 2.24) is 14.9 Å². The zero-order chi connectivity index (χ0) is 13.8. The number of likely N-dealkylation sites (tertiary alicyclic amines) is 1. The van der Waals surface area contributed by atoms with E-state index in [1.165, 1.54) is 25.9 Å². The molecule has 0 aliphatic carbocycles. The van der Waals surface area contributed by atoms with Crippen molar-refractivity contribution in [3.8, 4) is 0 Å². The molecule has 1 aromatic heterocycles. The first kappa shape index (κ1) is 13.8. The van der Waals surface area contributed by atoms with Crippen molar-refractivity contribution < 1.29 is 4.74 Å². The van der Waals surface area contributed by atoms with Gasteiger partial charge in [-0.05, 0) is 39.3 Å². The van der Waals surface area contributed by atoms with E-state index in [0.717, 1.165) is 50.1 Å². The number of hydrogen-bond donors (Lipinski definition) is 1. The molecule has 0 spiro atoms. The van der Waals surface area contributed by atoms with Gasteiger partial charge in [-0.3, -0.25) is 0 Å². The summed E-state index contributed by atoms with van der Waals surface area (Å²) in [5.74, 6) is 2.24. The predicted octanol–water partition coefficient (Wildman–Crippen LogP) is 1.80. The molecule has 2 saturated heterocycles. The second kappa shape index (κ2) is 6.50. The molecule has 0 saturated carbocycles. The van der Waals surface area contributed by atoms with Crippen molar-refractivity contribution in [2.75, 3.05) is 44.7 Å². The number of aromatic nitrogens is 2. The maximum atomic E-state index is 5.45. The van der Waals surface area contributed by atoms with Gasteiger partial charge in [0, 0.05) is 31.7 Å². The molecule has 20 heavy (non-hydrogen) atoms. The van der Waals surface area contributed by atoms with Crippen molar-refractivity contribution in [3.05, 3.63) is 17.6 Å². The lowest BCUT2D eigenvalue weighted by atomic mass is 10.0. The molecule has 2 aliphatic rings. The van der Waals surface area contributed by atoms with Crippen LogP contribution >= 0.6 is 0 Å². The molecule has 1 N–H and O–H groups in total. The van der Waals surface area contributed by atoms with Crippen LogP contribution in [0.4, 0.5) is 5.82 Å². The monoisotopic (exact) mass is 276 g/mol. The average Bonchev–Trinajstić information content (AvgIpc) is 3.11. The molecule has 5 nitrogen and oxygen atoms in total. The summed E-state index contributed by atoms with van der Waals surface area (Å²) in [4.78, 5) is 11.6. The molecule has 3 heterocycles. The van der Waals surface area contributed by atoms with Crippen molar-refractivity contribution in [1.29, 1.82) is 0 Å². The number of anilines is 1. The molecule has 0 radical (unpaired) electrons. The first-order valence-electron chi connectivity index (χ1n) is 7.71. The van der Waals surface area contributed by atoms with Crippen LogP contribution in [0.15, 0.2) is 6.07 Å². The van der Waals surface area contributed by atoms with Crippen molar-refractivity contribution >= 4 is 5.82 Å². The van der Waals surface area contributed by atoms with Gasteiger partial charge in [0.25, 0.3) is 0 Å². The number of ether oxygens (including phenoxy) is 1. The molecule has 0 amide bonds. The van der Waals surface area contributed by atoms with Gasteiger partial charge in [-0.15, -0.1) is 0 Å². The summed E-state index contributed by atoms with van der Waals surface area (Å²) in [6.45, 7) is 8.16. The lowest BCUT2D eigenvalue weighted by Crippen LogP contribution is -2.26. The van der Waals surface area contributed by atoms with Crippen LogP contribution in [0, 0.1) is 6.92 Å². The van der Waals surface area contributed by atoms with Gasteiger partial charge in [0.15, 0.2) is 0 Å². The Kier molecular flexibility index (Phi) is 4.47. The Bertz CT molecular complexity index is 439. The Labute approximate surface area is 120 Å². The molecular formula is C15H24N4O. The maximum Gasteiger partial charge on any atom is 0.129 e. The third-order valence-corrected chi connectivity index (χ3v) is 4.14. The number of nitrogens with one attached hydrogen (secondary N) is 1. The summed E-state index contributed by atoms with van der Waals surface area (Å²) < 4.78 is 5.45. The van der Waals surface area contributed by atoms with Crippen LogP contribution in [-0.2, 0) is 4.74 Å². The SMILES string of the molecule is Cc1nc(NCCN2CCCC2)cc([C@@H]2CCOC2)n1. The highest BCUT2D eigenvalue weighted by molar-refractivity contribution is 5.37. The Hall–Kier alpha value is -1.20. The molecule has 0 bridgehead atoms. The van der Waals surface area contributed by atoms with E-state index in [-0.39, 0.29) is 0 Å². The molecule has 0 aromatic carbocycles. The summed E-state index contributed by atoms with van der Waals surface area (Å²) in [6.07, 6.45) is 3.76. The van der Waals surface area contributed by atoms with E-state index < -0.39 is 0 Å². The first-order chi connectivity index (χ1) is 9.81. The van der Waals surface area contributed by atoms with Gasteiger partial charge in [0.05, 0.1) is 12.3 Å². The minimum atomic E-state index is 0.441. The highest BCUT2D eigenvalue weighted by Gasteiger charge is 2.20. The van der Waals surface area contributed by atoms with E-state index in [9.17, 15) is 0 Å². The van der Waals surface area contributed by atoms with Gasteiger partial charge in [0.1, 0.15) is 11.6 Å². The molecular weight excluding hydrogens is 252 g/mol. The van der Waals surface area contributed by atoms with Gasteiger partial charge in [-0.2, -0.15) is 0 Å². The Morgan fingerprint density at radius 3 is 2.95 bits per heavy atom. The van der Waals surface area contributed by atoms with E-state index in [0.29, 0.717) is 5.92 Å². The van der Waals surface area contributed by atoms with E-state index in [1.54, 1.807) is 0 Å². The fraction of sp³-hybridized carbons (Fsp3) is 0.733. The van der Waals surface area contributed by atoms with Gasteiger partial charge in [-0.25, -0.2) is 9.97 Å². The largest absolute Gasteiger partial charge is 0.381 e. The molecule has 1 aromatic rings. The summed E-state index contributed by atoms with van der Waals surface area (Å²) in [7, 11) is 0. The minimum Gasteiger partial charge on any atom is -0.381 e. The van der Waals surface area contributed by atoms with Gasteiger partial charge in [0.2, 0.25) is 0 Å². The number of aryl methyl sites for hydroxylation is 1. The molecule has 0 unspecified atom stereocenters. The third-order valence-electron chi connectivity index (χ3n) is 4.14. The lowest BCUT2D eigenvalue weighted by molar-refractivity contribution is 0.193. The van der Waals surface area contributed by atoms with Crippen LogP contribution in [0.1, 0.15) is 36.7 Å². The van der Waals surface area contributed by atoms with Crippen molar-refractivity contribution in [2.24, 2.45) is 0 Å². The average molecular weight is 276 g/mol. The third kappa shape index (κ3) is 3.46. The van der Waals surface area contributed by atoms with E-state index in [4.69, 9.17) is 4.74 Å². The Balaban J connectivity index is 1.57. The molecule has 1 atom stereocenters. The second-order valence-corrected chi connectivity index (χ2v) is 5.76. The van der Waals surface area contributed by atoms with Gasteiger partial charge >= 0.3 is 0 Å². The highest BCUT2D eigenvalue weighted by Crippen LogP contribution is 2.24. The topological polar surface area (TPSA) is 50.3 Å². The summed E-state index contributed by atoms with van der Waals surface area (Å²) in [5, 5.41) is 3.44.